The Labute approximate surface area is 125 Å². The molecule has 0 unspecified atom stereocenters. The highest BCUT2D eigenvalue weighted by molar-refractivity contribution is 9.10. The zero-order valence-electron chi connectivity index (χ0n) is 10.5. The highest BCUT2D eigenvalue weighted by atomic mass is 79.9. The molecule has 3 rings (SSSR count). The molecular formula is C12H13BrN4O2S. The molecule has 0 fully saturated rings. The number of benzene rings is 1. The number of halogens is 1. The molecule has 0 aliphatic carbocycles. The number of imidazole rings is 1. The highest BCUT2D eigenvalue weighted by Crippen LogP contribution is 2.26. The van der Waals surface area contributed by atoms with Crippen molar-refractivity contribution >= 4 is 31.6 Å². The van der Waals surface area contributed by atoms with Crippen molar-refractivity contribution in [2.45, 2.75) is 18.0 Å². The smallest absolute Gasteiger partial charge is 0.243 e. The van der Waals surface area contributed by atoms with Crippen molar-refractivity contribution in [1.29, 1.82) is 0 Å². The van der Waals surface area contributed by atoms with Gasteiger partial charge in [0.05, 0.1) is 11.4 Å². The molecule has 6 nitrogen and oxygen atoms in total. The molecule has 2 aromatic rings. The Morgan fingerprint density at radius 3 is 2.85 bits per heavy atom. The summed E-state index contributed by atoms with van der Waals surface area (Å²) in [5.74, 6) is 0.759. The van der Waals surface area contributed by atoms with Crippen LogP contribution in [0.2, 0.25) is 0 Å². The number of nitrogens with two attached hydrogens (primary N) is 1. The number of hydrogen-bond acceptors (Lipinski definition) is 4. The van der Waals surface area contributed by atoms with E-state index in [1.54, 1.807) is 12.3 Å². The van der Waals surface area contributed by atoms with E-state index in [0.717, 1.165) is 5.82 Å². The summed E-state index contributed by atoms with van der Waals surface area (Å²) in [4.78, 5) is 4.41. The third-order valence-corrected chi connectivity index (χ3v) is 5.85. The van der Waals surface area contributed by atoms with Crippen LogP contribution in [0.4, 0.5) is 5.69 Å². The van der Waals surface area contributed by atoms with Crippen molar-refractivity contribution in [2.24, 2.45) is 0 Å². The van der Waals surface area contributed by atoms with Crippen molar-refractivity contribution < 1.29 is 8.42 Å². The summed E-state index contributed by atoms with van der Waals surface area (Å²) in [5, 5.41) is 0. The molecule has 2 N–H and O–H groups in total. The topological polar surface area (TPSA) is 81.2 Å². The van der Waals surface area contributed by atoms with Gasteiger partial charge >= 0.3 is 0 Å². The van der Waals surface area contributed by atoms with Crippen LogP contribution in [-0.4, -0.2) is 28.8 Å². The molecule has 2 heterocycles. The normalized spacial score (nSPS) is 16.1. The van der Waals surface area contributed by atoms with E-state index in [-0.39, 0.29) is 11.4 Å². The Balaban J connectivity index is 1.95. The summed E-state index contributed by atoms with van der Waals surface area (Å²) < 4.78 is 29.2. The van der Waals surface area contributed by atoms with Crippen molar-refractivity contribution in [3.63, 3.8) is 0 Å². The van der Waals surface area contributed by atoms with Gasteiger partial charge in [-0.25, -0.2) is 13.4 Å². The lowest BCUT2D eigenvalue weighted by atomic mass is 10.3. The minimum absolute atomic E-state index is 0.235. The molecule has 0 radical (unpaired) electrons. The van der Waals surface area contributed by atoms with Gasteiger partial charge in [0.2, 0.25) is 10.0 Å². The summed E-state index contributed by atoms with van der Waals surface area (Å²) in [5.41, 5.74) is 6.20. The molecular weight excluding hydrogens is 344 g/mol. The van der Waals surface area contributed by atoms with Gasteiger partial charge in [-0.3, -0.25) is 0 Å². The minimum atomic E-state index is -3.53. The number of aromatic nitrogens is 2. The van der Waals surface area contributed by atoms with Gasteiger partial charge in [0.1, 0.15) is 5.82 Å². The van der Waals surface area contributed by atoms with Gasteiger partial charge in [0.25, 0.3) is 0 Å². The lowest BCUT2D eigenvalue weighted by Crippen LogP contribution is -2.38. The minimum Gasteiger partial charge on any atom is -0.398 e. The SMILES string of the molecule is Nc1ccc(S(=O)(=O)N2CCn3ccnc3C2)cc1Br. The van der Waals surface area contributed by atoms with Crippen LogP contribution in [-0.2, 0) is 23.1 Å². The zero-order chi connectivity index (χ0) is 14.3. The number of nitrogen functional groups attached to an aromatic ring is 1. The quantitative estimate of drug-likeness (QED) is 0.825. The lowest BCUT2D eigenvalue weighted by molar-refractivity contribution is 0.335. The van der Waals surface area contributed by atoms with Crippen LogP contribution >= 0.6 is 15.9 Å². The number of sulfonamides is 1. The van der Waals surface area contributed by atoms with Gasteiger partial charge in [0.15, 0.2) is 0 Å². The first-order valence-corrected chi connectivity index (χ1v) is 8.27. The van der Waals surface area contributed by atoms with Crippen LogP contribution in [0.15, 0.2) is 40.0 Å². The Hall–Kier alpha value is -1.38. The first-order valence-electron chi connectivity index (χ1n) is 6.03. The summed E-state index contributed by atoms with van der Waals surface area (Å²) in [6.07, 6.45) is 3.55. The van der Waals surface area contributed by atoms with Gasteiger partial charge in [0, 0.05) is 35.6 Å². The monoisotopic (exact) mass is 356 g/mol. The summed E-state index contributed by atoms with van der Waals surface area (Å²) in [6, 6.07) is 4.64. The fourth-order valence-electron chi connectivity index (χ4n) is 2.17. The van der Waals surface area contributed by atoms with E-state index in [2.05, 4.69) is 20.9 Å². The summed E-state index contributed by atoms with van der Waals surface area (Å²) >= 11 is 3.26. The van der Waals surface area contributed by atoms with Crippen molar-refractivity contribution in [3.8, 4) is 0 Å². The predicted octanol–water partition coefficient (Wildman–Crippen LogP) is 1.43. The van der Waals surface area contributed by atoms with Crippen LogP contribution in [0, 0.1) is 0 Å². The standard InChI is InChI=1S/C12H13BrN4O2S/c13-10-7-9(1-2-11(10)14)20(18,19)17-6-5-16-4-3-15-12(16)8-17/h1-4,7H,5-6,8,14H2. The fourth-order valence-corrected chi connectivity index (χ4v) is 4.12. The van der Waals surface area contributed by atoms with Crippen molar-refractivity contribution in [1.82, 2.24) is 13.9 Å². The maximum absolute atomic E-state index is 12.6. The van der Waals surface area contributed by atoms with Gasteiger partial charge < -0.3 is 10.3 Å². The molecule has 0 saturated carbocycles. The molecule has 0 atom stereocenters. The average Bonchev–Trinajstić information content (AvgIpc) is 2.89. The van der Waals surface area contributed by atoms with Gasteiger partial charge in [-0.05, 0) is 34.1 Å². The maximum atomic E-state index is 12.6. The van der Waals surface area contributed by atoms with E-state index >= 15 is 0 Å². The Bertz CT molecular complexity index is 757. The Kier molecular flexibility index (Phi) is 3.31. The molecule has 1 aliphatic rings. The fraction of sp³-hybridized carbons (Fsp3) is 0.250. The lowest BCUT2D eigenvalue weighted by Gasteiger charge is -2.27. The van der Waals surface area contributed by atoms with Gasteiger partial charge in [-0.2, -0.15) is 4.31 Å². The van der Waals surface area contributed by atoms with E-state index < -0.39 is 10.0 Å². The third kappa shape index (κ3) is 2.23. The van der Waals surface area contributed by atoms with E-state index in [4.69, 9.17) is 5.73 Å². The van der Waals surface area contributed by atoms with Crippen molar-refractivity contribution in [2.75, 3.05) is 12.3 Å². The van der Waals surface area contributed by atoms with Crippen LogP contribution in [0.3, 0.4) is 0 Å². The number of nitrogens with zero attached hydrogens (tertiary/aromatic N) is 3. The van der Waals surface area contributed by atoms with Crippen LogP contribution < -0.4 is 5.73 Å². The van der Waals surface area contributed by atoms with E-state index in [0.29, 0.717) is 23.2 Å². The highest BCUT2D eigenvalue weighted by Gasteiger charge is 2.29. The molecule has 0 bridgehead atoms. The molecule has 0 spiro atoms. The van der Waals surface area contributed by atoms with E-state index in [9.17, 15) is 8.42 Å². The van der Waals surface area contributed by atoms with Crippen LogP contribution in [0.5, 0.6) is 0 Å². The first-order chi connectivity index (χ1) is 9.48. The largest absolute Gasteiger partial charge is 0.398 e. The Morgan fingerprint density at radius 1 is 1.30 bits per heavy atom. The summed E-state index contributed by atoms with van der Waals surface area (Å²) in [6.45, 7) is 1.34. The van der Waals surface area contributed by atoms with E-state index in [1.807, 2.05) is 10.8 Å². The molecule has 0 amide bonds. The molecule has 8 heteroatoms. The molecule has 20 heavy (non-hydrogen) atoms. The average molecular weight is 357 g/mol. The second-order valence-electron chi connectivity index (χ2n) is 4.56. The third-order valence-electron chi connectivity index (χ3n) is 3.32. The second kappa shape index (κ2) is 4.87. The van der Waals surface area contributed by atoms with Crippen LogP contribution in [0.1, 0.15) is 5.82 Å². The van der Waals surface area contributed by atoms with Crippen LogP contribution in [0.25, 0.3) is 0 Å². The first kappa shape index (κ1) is 13.6. The summed E-state index contributed by atoms with van der Waals surface area (Å²) in [7, 11) is -3.53. The number of hydrogen-bond donors (Lipinski definition) is 1. The molecule has 106 valence electrons. The molecule has 1 aromatic carbocycles. The number of rotatable bonds is 2. The molecule has 1 aromatic heterocycles. The second-order valence-corrected chi connectivity index (χ2v) is 7.35. The number of anilines is 1. The van der Waals surface area contributed by atoms with Crippen molar-refractivity contribution in [3.05, 3.63) is 40.9 Å². The molecule has 0 saturated heterocycles. The van der Waals surface area contributed by atoms with E-state index in [1.165, 1.54) is 16.4 Å². The van der Waals surface area contributed by atoms with Gasteiger partial charge in [-0.1, -0.05) is 0 Å². The van der Waals surface area contributed by atoms with Gasteiger partial charge in [-0.15, -0.1) is 0 Å². The molecule has 1 aliphatic heterocycles. The number of fused-ring (bicyclic) bond motifs is 1. The maximum Gasteiger partial charge on any atom is 0.243 e. The predicted molar refractivity (Wildman–Crippen MR) is 78.4 cm³/mol. The Morgan fingerprint density at radius 2 is 2.10 bits per heavy atom. The zero-order valence-corrected chi connectivity index (χ0v) is 12.9.